The Morgan fingerprint density at radius 1 is 1.00 bits per heavy atom. The highest BCUT2D eigenvalue weighted by atomic mass is 35.5. The van der Waals surface area contributed by atoms with E-state index >= 15 is 0 Å². The summed E-state index contributed by atoms with van der Waals surface area (Å²) >= 11 is 12.0. The summed E-state index contributed by atoms with van der Waals surface area (Å²) in [6.45, 7) is 1.74. The maximum absolute atomic E-state index is 12.3. The lowest BCUT2D eigenvalue weighted by molar-refractivity contribution is -0.136. The maximum atomic E-state index is 12.3. The number of hydrogen-bond acceptors (Lipinski definition) is 4. The van der Waals surface area contributed by atoms with Crippen LogP contribution in [-0.2, 0) is 19.6 Å². The number of carbonyl (C=O) groups is 1. The molecule has 0 amide bonds. The van der Waals surface area contributed by atoms with Crippen molar-refractivity contribution in [2.45, 2.75) is 17.9 Å². The van der Waals surface area contributed by atoms with E-state index in [0.29, 0.717) is 32.3 Å². The Hall–Kier alpha value is -1.86. The summed E-state index contributed by atoms with van der Waals surface area (Å²) in [6.07, 6.45) is -0.489. The second-order valence-corrected chi connectivity index (χ2v) is 7.91. The van der Waals surface area contributed by atoms with Gasteiger partial charge in [-0.2, -0.15) is 0 Å². The second-order valence-electron chi connectivity index (χ2n) is 5.53. The van der Waals surface area contributed by atoms with Crippen molar-refractivity contribution < 1.29 is 17.9 Å². The highest BCUT2D eigenvalue weighted by Crippen LogP contribution is 2.38. The van der Waals surface area contributed by atoms with Crippen LogP contribution in [0.5, 0.6) is 0 Å². The van der Waals surface area contributed by atoms with Gasteiger partial charge in [0, 0.05) is 5.57 Å². The van der Waals surface area contributed by atoms with E-state index in [2.05, 4.69) is 0 Å². The third kappa shape index (κ3) is 3.43. The van der Waals surface area contributed by atoms with Gasteiger partial charge in [0.25, 0.3) is 0 Å². The molecule has 0 spiro atoms. The fourth-order valence-electron chi connectivity index (χ4n) is 2.72. The highest BCUT2D eigenvalue weighted by molar-refractivity contribution is 7.89. The van der Waals surface area contributed by atoms with E-state index in [0.717, 1.165) is 0 Å². The number of rotatable bonds is 3. The predicted molar refractivity (Wildman–Crippen MR) is 96.6 cm³/mol. The molecule has 0 saturated heterocycles. The first-order valence-corrected chi connectivity index (χ1v) is 9.52. The van der Waals surface area contributed by atoms with E-state index in [1.165, 1.54) is 12.1 Å². The Labute approximate surface area is 155 Å². The lowest BCUT2D eigenvalue weighted by Crippen LogP contribution is -2.12. The van der Waals surface area contributed by atoms with E-state index in [-0.39, 0.29) is 4.90 Å². The minimum atomic E-state index is -3.79. The summed E-state index contributed by atoms with van der Waals surface area (Å²) in [5, 5.41) is 5.81. The first-order valence-electron chi connectivity index (χ1n) is 7.22. The molecule has 0 aromatic heterocycles. The fraction of sp³-hybridized carbons (Fsp3) is 0.118. The molecule has 1 aliphatic heterocycles. The number of halogens is 2. The van der Waals surface area contributed by atoms with Gasteiger partial charge >= 0.3 is 5.97 Å². The molecule has 1 atom stereocenters. The molecule has 1 unspecified atom stereocenters. The number of primary sulfonamides is 1. The largest absolute Gasteiger partial charge is 0.454 e. The molecule has 0 bridgehead atoms. The Kier molecular flexibility index (Phi) is 4.64. The van der Waals surface area contributed by atoms with Crippen molar-refractivity contribution in [2.75, 3.05) is 0 Å². The van der Waals surface area contributed by atoms with Crippen LogP contribution in [0.3, 0.4) is 0 Å². The minimum absolute atomic E-state index is 0.00849. The lowest BCUT2D eigenvalue weighted by atomic mass is 9.93. The number of cyclic esters (lactones) is 1. The van der Waals surface area contributed by atoms with Gasteiger partial charge in [-0.15, -0.1) is 0 Å². The average Bonchev–Trinajstić information content (AvgIpc) is 2.83. The molecule has 0 radical (unpaired) electrons. The Balaban J connectivity index is 2.16. The molecule has 1 heterocycles. The van der Waals surface area contributed by atoms with Crippen molar-refractivity contribution >= 4 is 50.3 Å². The number of hydrogen-bond donors (Lipinski definition) is 1. The minimum Gasteiger partial charge on any atom is -0.454 e. The van der Waals surface area contributed by atoms with Gasteiger partial charge < -0.3 is 4.74 Å². The zero-order valence-electron chi connectivity index (χ0n) is 13.0. The number of carbonyl (C=O) groups excluding carboxylic acids is 1. The second kappa shape index (κ2) is 6.46. The van der Waals surface area contributed by atoms with Crippen molar-refractivity contribution in [3.63, 3.8) is 0 Å². The molecule has 25 heavy (non-hydrogen) atoms. The predicted octanol–water partition coefficient (Wildman–Crippen LogP) is 3.50. The van der Waals surface area contributed by atoms with Gasteiger partial charge in [-0.25, -0.2) is 18.4 Å². The molecule has 8 heteroatoms. The van der Waals surface area contributed by atoms with E-state index in [1.807, 2.05) is 0 Å². The molecule has 2 N–H and O–H groups in total. The first kappa shape index (κ1) is 17.9. The summed E-state index contributed by atoms with van der Waals surface area (Å²) in [6, 6.07) is 10.8. The third-order valence-corrected chi connectivity index (χ3v) is 5.53. The van der Waals surface area contributed by atoms with E-state index in [9.17, 15) is 13.2 Å². The van der Waals surface area contributed by atoms with Crippen molar-refractivity contribution in [3.05, 3.63) is 63.6 Å². The molecule has 130 valence electrons. The summed E-state index contributed by atoms with van der Waals surface area (Å²) < 4.78 is 28.1. The molecule has 1 aliphatic rings. The van der Waals surface area contributed by atoms with Crippen LogP contribution < -0.4 is 5.14 Å². The number of sulfonamides is 1. The van der Waals surface area contributed by atoms with Crippen LogP contribution >= 0.6 is 23.2 Å². The maximum Gasteiger partial charge on any atom is 0.339 e. The molecule has 0 fully saturated rings. The number of nitrogens with two attached hydrogens (primary N) is 1. The van der Waals surface area contributed by atoms with E-state index in [1.54, 1.807) is 37.3 Å². The number of benzene rings is 2. The number of ether oxygens (including phenoxy) is 1. The molecule has 2 aromatic rings. The Morgan fingerprint density at radius 3 is 2.16 bits per heavy atom. The van der Waals surface area contributed by atoms with Gasteiger partial charge in [0.05, 0.1) is 20.5 Å². The van der Waals surface area contributed by atoms with Gasteiger partial charge in [-0.1, -0.05) is 41.4 Å². The lowest BCUT2D eigenvalue weighted by Gasteiger charge is -2.10. The van der Waals surface area contributed by atoms with Crippen molar-refractivity contribution in [2.24, 2.45) is 5.14 Å². The van der Waals surface area contributed by atoms with Crippen LogP contribution in [0.2, 0.25) is 10.0 Å². The van der Waals surface area contributed by atoms with Crippen molar-refractivity contribution in [1.82, 2.24) is 0 Å². The third-order valence-electron chi connectivity index (χ3n) is 3.87. The molecule has 5 nitrogen and oxygen atoms in total. The SMILES string of the molecule is CC1OC(=O)C(c2ccc(Cl)c(Cl)c2)=C1c1ccc(S(N)(=O)=O)cc1. The van der Waals surface area contributed by atoms with E-state index < -0.39 is 22.1 Å². The highest BCUT2D eigenvalue weighted by Gasteiger charge is 2.33. The summed E-state index contributed by atoms with van der Waals surface area (Å²) in [7, 11) is -3.79. The molecule has 2 aromatic carbocycles. The van der Waals surface area contributed by atoms with Crippen molar-refractivity contribution in [3.8, 4) is 0 Å². The fourth-order valence-corrected chi connectivity index (χ4v) is 3.53. The number of esters is 1. The van der Waals surface area contributed by atoms with Gasteiger partial charge in [0.1, 0.15) is 6.10 Å². The summed E-state index contributed by atoms with van der Waals surface area (Å²) in [5.74, 6) is -0.476. The normalized spacial score (nSPS) is 17.8. The topological polar surface area (TPSA) is 86.5 Å². The standard InChI is InChI=1S/C17H13Cl2NO4S/c1-9-15(10-2-5-12(6-3-10)25(20,22)23)16(17(21)24-9)11-4-7-13(18)14(19)8-11/h2-9H,1H3,(H2,20,22,23). The van der Waals surface area contributed by atoms with Crippen LogP contribution in [0.25, 0.3) is 11.1 Å². The molecular formula is C17H13Cl2NO4S. The van der Waals surface area contributed by atoms with Gasteiger partial charge in [-0.3, -0.25) is 0 Å². The molecule has 0 saturated carbocycles. The first-order chi connectivity index (χ1) is 11.7. The van der Waals surface area contributed by atoms with Crippen LogP contribution in [0.1, 0.15) is 18.1 Å². The van der Waals surface area contributed by atoms with Crippen LogP contribution in [0.4, 0.5) is 0 Å². The molecular weight excluding hydrogens is 385 g/mol. The zero-order valence-corrected chi connectivity index (χ0v) is 15.3. The Morgan fingerprint density at radius 2 is 1.60 bits per heavy atom. The van der Waals surface area contributed by atoms with Crippen LogP contribution in [0, 0.1) is 0 Å². The van der Waals surface area contributed by atoms with Crippen molar-refractivity contribution in [1.29, 1.82) is 0 Å². The quantitative estimate of drug-likeness (QED) is 0.802. The van der Waals surface area contributed by atoms with Gasteiger partial charge in [0.2, 0.25) is 10.0 Å². The van der Waals surface area contributed by atoms with Gasteiger partial charge in [-0.05, 0) is 42.3 Å². The molecule has 3 rings (SSSR count). The monoisotopic (exact) mass is 397 g/mol. The summed E-state index contributed by atoms with van der Waals surface area (Å²) in [4.78, 5) is 12.3. The van der Waals surface area contributed by atoms with Crippen LogP contribution in [-0.4, -0.2) is 20.5 Å². The molecule has 0 aliphatic carbocycles. The zero-order chi connectivity index (χ0) is 18.4. The smallest absolute Gasteiger partial charge is 0.339 e. The van der Waals surface area contributed by atoms with Gasteiger partial charge in [0.15, 0.2) is 0 Å². The average molecular weight is 398 g/mol. The van der Waals surface area contributed by atoms with E-state index in [4.69, 9.17) is 33.1 Å². The van der Waals surface area contributed by atoms with Crippen LogP contribution in [0.15, 0.2) is 47.4 Å². The Bertz CT molecular complexity index is 998. The summed E-state index contributed by atoms with van der Waals surface area (Å²) in [5.41, 5.74) is 2.25.